The van der Waals surface area contributed by atoms with Crippen molar-refractivity contribution in [1.29, 1.82) is 0 Å². The molecule has 1 N–H and O–H groups in total. The Bertz CT molecular complexity index is 872. The van der Waals surface area contributed by atoms with Gasteiger partial charge in [-0.1, -0.05) is 35.3 Å². The number of carbonyl (C=O) groups excluding carboxylic acids is 3. The maximum atomic E-state index is 12.4. The van der Waals surface area contributed by atoms with Gasteiger partial charge in [0.15, 0.2) is 12.3 Å². The average Bonchev–Trinajstić information content (AvgIpc) is 2.60. The molecule has 1 aliphatic heterocycles. The van der Waals surface area contributed by atoms with Crippen molar-refractivity contribution >= 4 is 52.4 Å². The monoisotopic (exact) mass is 379 g/mol. The summed E-state index contributed by atoms with van der Waals surface area (Å²) in [5.74, 6) is -1.76. The molecule has 0 radical (unpaired) electrons. The number of benzene rings is 1. The first-order valence-electron chi connectivity index (χ1n) is 7.14. The molecular formula is C16H11Cl2N3O4. The van der Waals surface area contributed by atoms with Gasteiger partial charge in [0.2, 0.25) is 5.91 Å². The number of pyridine rings is 1. The van der Waals surface area contributed by atoms with Gasteiger partial charge in [-0.2, -0.15) is 0 Å². The largest absolute Gasteiger partial charge is 0.451 e. The number of halogens is 2. The van der Waals surface area contributed by atoms with Gasteiger partial charge in [-0.3, -0.25) is 14.5 Å². The van der Waals surface area contributed by atoms with E-state index in [1.807, 2.05) is 0 Å². The zero-order valence-corrected chi connectivity index (χ0v) is 14.2. The molecule has 0 fully saturated rings. The number of hydrogen-bond donors (Lipinski definition) is 1. The van der Waals surface area contributed by atoms with Gasteiger partial charge in [-0.25, -0.2) is 9.78 Å². The van der Waals surface area contributed by atoms with E-state index in [0.717, 1.165) is 0 Å². The topological polar surface area (TPSA) is 88.6 Å². The lowest BCUT2D eigenvalue weighted by atomic mass is 10.2. The molecule has 0 bridgehead atoms. The molecule has 0 saturated carbocycles. The third-order valence-electron chi connectivity index (χ3n) is 3.40. The number of para-hydroxylation sites is 2. The third kappa shape index (κ3) is 3.72. The Kier molecular flexibility index (Phi) is 4.87. The fourth-order valence-electron chi connectivity index (χ4n) is 2.29. The zero-order chi connectivity index (χ0) is 18.0. The summed E-state index contributed by atoms with van der Waals surface area (Å²) in [7, 11) is 0. The predicted octanol–water partition coefficient (Wildman–Crippen LogP) is 2.53. The molecule has 9 heteroatoms. The maximum absolute atomic E-state index is 12.4. The Labute approximate surface area is 152 Å². The fraction of sp³-hybridized carbons (Fsp3) is 0.125. The number of carbonyl (C=O) groups is 3. The molecule has 2 amide bonds. The van der Waals surface area contributed by atoms with Crippen molar-refractivity contribution in [3.63, 3.8) is 0 Å². The summed E-state index contributed by atoms with van der Waals surface area (Å²) in [5, 5.41) is 2.80. The van der Waals surface area contributed by atoms with E-state index in [-0.39, 0.29) is 28.3 Å². The minimum Gasteiger partial charge on any atom is -0.451 e. The van der Waals surface area contributed by atoms with E-state index in [2.05, 4.69) is 10.3 Å². The molecule has 1 aromatic heterocycles. The molecule has 1 aliphatic rings. The predicted molar refractivity (Wildman–Crippen MR) is 92.0 cm³/mol. The highest BCUT2D eigenvalue weighted by Gasteiger charge is 2.27. The van der Waals surface area contributed by atoms with Crippen molar-refractivity contribution in [3.05, 3.63) is 52.3 Å². The average molecular weight is 380 g/mol. The maximum Gasteiger partial charge on any atom is 0.359 e. The van der Waals surface area contributed by atoms with Crippen molar-refractivity contribution in [3.8, 4) is 0 Å². The van der Waals surface area contributed by atoms with Gasteiger partial charge in [0, 0.05) is 0 Å². The van der Waals surface area contributed by atoms with Crippen LogP contribution in [0.4, 0.5) is 11.4 Å². The molecular weight excluding hydrogens is 369 g/mol. The van der Waals surface area contributed by atoms with Gasteiger partial charge in [-0.05, 0) is 24.3 Å². The molecule has 0 saturated heterocycles. The van der Waals surface area contributed by atoms with Crippen molar-refractivity contribution in [2.45, 2.75) is 0 Å². The molecule has 7 nitrogen and oxygen atoms in total. The quantitative estimate of drug-likeness (QED) is 0.653. The number of nitrogens with one attached hydrogen (secondary N) is 1. The van der Waals surface area contributed by atoms with Crippen LogP contribution in [0.5, 0.6) is 0 Å². The highest BCUT2D eigenvalue weighted by Crippen LogP contribution is 2.28. The standard InChI is InChI=1S/C16H11Cl2N3O4/c17-9-5-6-12(18)20-15(9)16(24)25-8-14(23)21-7-13(22)19-10-3-1-2-4-11(10)21/h1-6H,7-8H2,(H,19,22). The zero-order valence-electron chi connectivity index (χ0n) is 12.7. The van der Waals surface area contributed by atoms with Crippen molar-refractivity contribution < 1.29 is 19.1 Å². The number of nitrogens with zero attached hydrogens (tertiary/aromatic N) is 2. The molecule has 2 aromatic rings. The van der Waals surface area contributed by atoms with Crippen molar-refractivity contribution in [2.75, 3.05) is 23.4 Å². The number of esters is 1. The van der Waals surface area contributed by atoms with Crippen LogP contribution < -0.4 is 10.2 Å². The van der Waals surface area contributed by atoms with Crippen LogP contribution >= 0.6 is 23.2 Å². The second kappa shape index (κ2) is 7.08. The molecule has 1 aromatic carbocycles. The van der Waals surface area contributed by atoms with Crippen LogP contribution in [0.2, 0.25) is 10.2 Å². The van der Waals surface area contributed by atoms with Crippen LogP contribution in [0.3, 0.4) is 0 Å². The van der Waals surface area contributed by atoms with Gasteiger partial charge >= 0.3 is 5.97 Å². The van der Waals surface area contributed by atoms with Crippen LogP contribution in [-0.4, -0.2) is 35.9 Å². The van der Waals surface area contributed by atoms with Crippen molar-refractivity contribution in [1.82, 2.24) is 4.98 Å². The van der Waals surface area contributed by atoms with Gasteiger partial charge < -0.3 is 10.1 Å². The lowest BCUT2D eigenvalue weighted by Crippen LogP contribution is -2.44. The van der Waals surface area contributed by atoms with Crippen LogP contribution in [-0.2, 0) is 14.3 Å². The van der Waals surface area contributed by atoms with Crippen LogP contribution in [0.25, 0.3) is 0 Å². The summed E-state index contributed by atoms with van der Waals surface area (Å²) >= 11 is 11.6. The number of aromatic nitrogens is 1. The fourth-order valence-corrected chi connectivity index (χ4v) is 2.62. The van der Waals surface area contributed by atoms with Gasteiger partial charge in [-0.15, -0.1) is 0 Å². The number of ether oxygens (including phenoxy) is 1. The summed E-state index contributed by atoms with van der Waals surface area (Å²) in [4.78, 5) is 41.2. The minimum atomic E-state index is -0.879. The Morgan fingerprint density at radius 3 is 2.76 bits per heavy atom. The Morgan fingerprint density at radius 2 is 1.96 bits per heavy atom. The summed E-state index contributed by atoms with van der Waals surface area (Å²) in [6.07, 6.45) is 0. The van der Waals surface area contributed by atoms with E-state index < -0.39 is 18.5 Å². The van der Waals surface area contributed by atoms with E-state index in [1.54, 1.807) is 24.3 Å². The molecule has 128 valence electrons. The lowest BCUT2D eigenvalue weighted by molar-refractivity contribution is -0.124. The molecule has 2 heterocycles. The van der Waals surface area contributed by atoms with E-state index in [9.17, 15) is 14.4 Å². The summed E-state index contributed by atoms with van der Waals surface area (Å²) in [6, 6.07) is 9.66. The summed E-state index contributed by atoms with van der Waals surface area (Å²) in [5.41, 5.74) is 0.860. The normalized spacial score (nSPS) is 13.0. The van der Waals surface area contributed by atoms with Gasteiger partial charge in [0.25, 0.3) is 5.91 Å². The number of fused-ring (bicyclic) bond motifs is 1. The number of anilines is 2. The summed E-state index contributed by atoms with van der Waals surface area (Å²) < 4.78 is 4.96. The second-order valence-electron chi connectivity index (χ2n) is 5.09. The molecule has 0 atom stereocenters. The van der Waals surface area contributed by atoms with E-state index in [4.69, 9.17) is 27.9 Å². The summed E-state index contributed by atoms with van der Waals surface area (Å²) in [6.45, 7) is -0.728. The molecule has 0 unspecified atom stereocenters. The van der Waals surface area contributed by atoms with Crippen LogP contribution in [0.1, 0.15) is 10.5 Å². The molecule has 3 rings (SSSR count). The third-order valence-corrected chi connectivity index (χ3v) is 3.92. The highest BCUT2D eigenvalue weighted by atomic mass is 35.5. The lowest BCUT2D eigenvalue weighted by Gasteiger charge is -2.28. The molecule has 0 aliphatic carbocycles. The Hall–Kier alpha value is -2.64. The number of hydrogen-bond acceptors (Lipinski definition) is 5. The minimum absolute atomic E-state index is 0.0598. The first kappa shape index (κ1) is 17.2. The van der Waals surface area contributed by atoms with Gasteiger partial charge in [0.1, 0.15) is 11.7 Å². The SMILES string of the molecule is O=C1CN(C(=O)COC(=O)c2nc(Cl)ccc2Cl)c2ccccc2N1. The van der Waals surface area contributed by atoms with Crippen LogP contribution in [0.15, 0.2) is 36.4 Å². The van der Waals surface area contributed by atoms with E-state index in [1.165, 1.54) is 17.0 Å². The first-order valence-corrected chi connectivity index (χ1v) is 7.89. The van der Waals surface area contributed by atoms with E-state index in [0.29, 0.717) is 11.4 Å². The van der Waals surface area contributed by atoms with Crippen molar-refractivity contribution in [2.24, 2.45) is 0 Å². The highest BCUT2D eigenvalue weighted by molar-refractivity contribution is 6.34. The number of amides is 2. The van der Waals surface area contributed by atoms with E-state index >= 15 is 0 Å². The van der Waals surface area contributed by atoms with Crippen LogP contribution in [0, 0.1) is 0 Å². The Balaban J connectivity index is 1.72. The molecule has 0 spiro atoms. The Morgan fingerprint density at radius 1 is 1.20 bits per heavy atom. The smallest absolute Gasteiger partial charge is 0.359 e. The number of rotatable bonds is 3. The molecule has 25 heavy (non-hydrogen) atoms. The first-order chi connectivity index (χ1) is 12.0. The second-order valence-corrected chi connectivity index (χ2v) is 5.88. The van der Waals surface area contributed by atoms with Gasteiger partial charge in [0.05, 0.1) is 16.4 Å².